The van der Waals surface area contributed by atoms with E-state index in [9.17, 15) is 0 Å². The van der Waals surface area contributed by atoms with Gasteiger partial charge in [0.05, 0.1) is 0 Å². The molecule has 0 nitrogen and oxygen atoms in total. The molecule has 0 spiro atoms. The zero-order valence-electron chi connectivity index (χ0n) is 6.22. The van der Waals surface area contributed by atoms with Gasteiger partial charge in [-0.3, -0.25) is 0 Å². The van der Waals surface area contributed by atoms with Crippen LogP contribution in [0.4, 0.5) is 0 Å². The van der Waals surface area contributed by atoms with Crippen molar-refractivity contribution in [3.8, 4) is 0 Å². The summed E-state index contributed by atoms with van der Waals surface area (Å²) in [6.07, 6.45) is 9.07. The minimum Gasteiger partial charge on any atom is -0.103 e. The normalized spacial score (nSPS) is 9.56. The molecule has 0 aromatic heterocycles. The van der Waals surface area contributed by atoms with Crippen LogP contribution in [-0.4, -0.2) is 0 Å². The number of allylic oxidation sites excluding steroid dienone is 5. The van der Waals surface area contributed by atoms with Crippen LogP contribution in [0, 0.1) is 0 Å². The fraction of sp³-hybridized carbons (Fsp3) is 0.333. The number of hydrogen-bond donors (Lipinski definition) is 0. The molecule has 0 aliphatic carbocycles. The van der Waals surface area contributed by atoms with E-state index in [1.54, 1.807) is 0 Å². The fourth-order valence-electron chi connectivity index (χ4n) is 0.435. The molecule has 50 valence electrons. The van der Waals surface area contributed by atoms with Crippen molar-refractivity contribution in [1.29, 1.82) is 0 Å². The first-order chi connectivity index (χ1) is 4.27. The van der Waals surface area contributed by atoms with Crippen LogP contribution in [0.2, 0.25) is 0 Å². The van der Waals surface area contributed by atoms with E-state index < -0.39 is 0 Å². The highest BCUT2D eigenvalue weighted by molar-refractivity contribution is 5.08. The van der Waals surface area contributed by atoms with Crippen molar-refractivity contribution in [3.05, 3.63) is 36.5 Å². The smallest absolute Gasteiger partial charge is 0.0169 e. The van der Waals surface area contributed by atoms with Crippen molar-refractivity contribution in [2.24, 2.45) is 0 Å². The summed E-state index contributed by atoms with van der Waals surface area (Å²) in [5.74, 6) is 0. The first kappa shape index (κ1) is 8.22. The van der Waals surface area contributed by atoms with E-state index in [1.807, 2.05) is 6.08 Å². The minimum atomic E-state index is 0.962. The Hall–Kier alpha value is -0.780. The van der Waals surface area contributed by atoms with Gasteiger partial charge in [0.1, 0.15) is 0 Å². The highest BCUT2D eigenvalue weighted by Gasteiger charge is 1.68. The first-order valence-corrected chi connectivity index (χ1v) is 3.18. The maximum Gasteiger partial charge on any atom is -0.0169 e. The lowest BCUT2D eigenvalue weighted by Crippen LogP contribution is -1.59. The zero-order chi connectivity index (χ0) is 7.11. The highest BCUT2D eigenvalue weighted by atomic mass is 13.8. The third-order valence-electron chi connectivity index (χ3n) is 0.868. The molecule has 0 unspecified atom stereocenters. The van der Waals surface area contributed by atoms with Gasteiger partial charge in [-0.1, -0.05) is 29.9 Å². The predicted octanol–water partition coefficient (Wildman–Crippen LogP) is 3.08. The second kappa shape index (κ2) is 5.36. The van der Waals surface area contributed by atoms with Crippen LogP contribution >= 0.6 is 0 Å². The van der Waals surface area contributed by atoms with Gasteiger partial charge < -0.3 is 0 Å². The predicted molar refractivity (Wildman–Crippen MR) is 43.4 cm³/mol. The van der Waals surface area contributed by atoms with Gasteiger partial charge in [0.25, 0.3) is 0 Å². The third kappa shape index (κ3) is 7.22. The molecule has 0 heterocycles. The van der Waals surface area contributed by atoms with Crippen molar-refractivity contribution in [2.75, 3.05) is 0 Å². The lowest BCUT2D eigenvalue weighted by molar-refractivity contribution is 1.37. The first-order valence-electron chi connectivity index (χ1n) is 3.18. The molecule has 0 aliphatic heterocycles. The standard InChI is InChI=1S/C9H14/c1-4-5-6-7-8-9(2)3/h4,6-8H,1,5H2,2-3H3/b7-6+. The third-order valence-corrected chi connectivity index (χ3v) is 0.868. The summed E-state index contributed by atoms with van der Waals surface area (Å²) in [4.78, 5) is 0. The average molecular weight is 122 g/mol. The number of hydrogen-bond acceptors (Lipinski definition) is 0. The molecule has 0 radical (unpaired) electrons. The van der Waals surface area contributed by atoms with E-state index in [1.165, 1.54) is 5.57 Å². The molecule has 0 amide bonds. The van der Waals surface area contributed by atoms with Crippen molar-refractivity contribution in [1.82, 2.24) is 0 Å². The Labute approximate surface area is 57.6 Å². The molecular weight excluding hydrogens is 108 g/mol. The van der Waals surface area contributed by atoms with Crippen molar-refractivity contribution < 1.29 is 0 Å². The van der Waals surface area contributed by atoms with Gasteiger partial charge in [0.15, 0.2) is 0 Å². The van der Waals surface area contributed by atoms with Gasteiger partial charge in [-0.25, -0.2) is 0 Å². The van der Waals surface area contributed by atoms with Crippen molar-refractivity contribution in [2.45, 2.75) is 20.3 Å². The Bertz CT molecular complexity index is 123. The average Bonchev–Trinajstić information content (AvgIpc) is 1.80. The quantitative estimate of drug-likeness (QED) is 0.398. The van der Waals surface area contributed by atoms with Crippen molar-refractivity contribution in [3.63, 3.8) is 0 Å². The molecule has 0 saturated heterocycles. The van der Waals surface area contributed by atoms with E-state index >= 15 is 0 Å². The molecule has 0 saturated carbocycles. The lowest BCUT2D eigenvalue weighted by Gasteiger charge is -1.80. The van der Waals surface area contributed by atoms with Gasteiger partial charge in [-0.05, 0) is 20.3 Å². The van der Waals surface area contributed by atoms with Gasteiger partial charge in [0.2, 0.25) is 0 Å². The SMILES string of the molecule is C=CC/C=C/C=C(C)C. The molecule has 0 aromatic rings. The Morgan fingerprint density at radius 2 is 2.11 bits per heavy atom. The summed E-state index contributed by atoms with van der Waals surface area (Å²) in [7, 11) is 0. The molecule has 9 heavy (non-hydrogen) atoms. The second-order valence-electron chi connectivity index (χ2n) is 2.20. The minimum absolute atomic E-state index is 0.962. The maximum absolute atomic E-state index is 3.61. The van der Waals surface area contributed by atoms with Crippen LogP contribution in [0.5, 0.6) is 0 Å². The zero-order valence-corrected chi connectivity index (χ0v) is 6.22. The molecule has 0 rings (SSSR count). The van der Waals surface area contributed by atoms with Gasteiger partial charge in [-0.2, -0.15) is 0 Å². The Balaban J connectivity index is 3.47. The Morgan fingerprint density at radius 3 is 2.56 bits per heavy atom. The number of rotatable bonds is 3. The summed E-state index contributed by atoms with van der Waals surface area (Å²) in [6, 6.07) is 0. The summed E-state index contributed by atoms with van der Waals surface area (Å²) in [5.41, 5.74) is 1.33. The van der Waals surface area contributed by atoms with E-state index in [-0.39, 0.29) is 0 Å². The molecular formula is C9H14. The monoisotopic (exact) mass is 122 g/mol. The van der Waals surface area contributed by atoms with Crippen LogP contribution < -0.4 is 0 Å². The Kier molecular flexibility index (Phi) is 4.89. The van der Waals surface area contributed by atoms with Crippen LogP contribution in [0.25, 0.3) is 0 Å². The fourth-order valence-corrected chi connectivity index (χ4v) is 0.435. The van der Waals surface area contributed by atoms with E-state index in [4.69, 9.17) is 0 Å². The molecule has 0 aliphatic rings. The van der Waals surface area contributed by atoms with Crippen LogP contribution in [0.3, 0.4) is 0 Å². The summed E-state index contributed by atoms with van der Waals surface area (Å²) in [5, 5.41) is 0. The van der Waals surface area contributed by atoms with E-state index in [0.717, 1.165) is 6.42 Å². The van der Waals surface area contributed by atoms with Crippen LogP contribution in [0.15, 0.2) is 36.5 Å². The molecule has 0 N–H and O–H groups in total. The second-order valence-corrected chi connectivity index (χ2v) is 2.20. The van der Waals surface area contributed by atoms with Gasteiger partial charge in [0, 0.05) is 0 Å². The Morgan fingerprint density at radius 1 is 1.44 bits per heavy atom. The van der Waals surface area contributed by atoms with Crippen molar-refractivity contribution >= 4 is 0 Å². The van der Waals surface area contributed by atoms with E-state index in [2.05, 4.69) is 38.7 Å². The van der Waals surface area contributed by atoms with Crippen LogP contribution in [-0.2, 0) is 0 Å². The van der Waals surface area contributed by atoms with Gasteiger partial charge >= 0.3 is 0 Å². The molecule has 0 atom stereocenters. The summed E-state index contributed by atoms with van der Waals surface area (Å²) >= 11 is 0. The van der Waals surface area contributed by atoms with Crippen LogP contribution in [0.1, 0.15) is 20.3 Å². The summed E-state index contributed by atoms with van der Waals surface area (Å²) < 4.78 is 0. The molecule has 0 heteroatoms. The topological polar surface area (TPSA) is 0 Å². The maximum atomic E-state index is 3.61. The van der Waals surface area contributed by atoms with E-state index in [0.29, 0.717) is 0 Å². The molecule has 0 aromatic carbocycles. The molecule has 0 fully saturated rings. The molecule has 0 bridgehead atoms. The lowest BCUT2D eigenvalue weighted by atomic mass is 10.3. The highest BCUT2D eigenvalue weighted by Crippen LogP contribution is 1.90. The largest absolute Gasteiger partial charge is 0.103 e. The van der Waals surface area contributed by atoms with Gasteiger partial charge in [-0.15, -0.1) is 6.58 Å². The summed E-state index contributed by atoms with van der Waals surface area (Å²) in [6.45, 7) is 7.77.